The maximum Gasteiger partial charge on any atom is 0.430 e. The van der Waals surface area contributed by atoms with Crippen LogP contribution in [0.5, 0.6) is 0 Å². The molecular weight excluding hydrogens is 721 g/mol. The summed E-state index contributed by atoms with van der Waals surface area (Å²) in [5.41, 5.74) is -8.02. The Morgan fingerprint density at radius 3 is 1.96 bits per heavy atom. The number of carbonyl (C=O) groups excluding carboxylic acids is 1. The molecule has 0 aromatic heterocycles. The van der Waals surface area contributed by atoms with Crippen LogP contribution < -0.4 is 5.32 Å². The summed E-state index contributed by atoms with van der Waals surface area (Å²) >= 11 is 0. The molecule has 4 rings (SSSR count). The van der Waals surface area contributed by atoms with E-state index in [0.717, 1.165) is 42.5 Å². The van der Waals surface area contributed by atoms with Crippen LogP contribution in [-0.4, -0.2) is 47.6 Å². The summed E-state index contributed by atoms with van der Waals surface area (Å²) in [5.74, 6) is -3.63. The minimum atomic E-state index is -6.22. The highest BCUT2D eigenvalue weighted by Crippen LogP contribution is 2.55. The first kappa shape index (κ1) is 39.2. The maximum absolute atomic E-state index is 14.5. The molecule has 0 aliphatic heterocycles. The molecule has 1 N–H and O–H groups in total. The number of sulfone groups is 1. The Balaban J connectivity index is 1.76. The van der Waals surface area contributed by atoms with Crippen molar-refractivity contribution >= 4 is 24.0 Å². The predicted octanol–water partition coefficient (Wildman–Crippen LogP) is 8.93. The summed E-state index contributed by atoms with van der Waals surface area (Å²) in [5, 5.41) is 2.59. The number of alkyl halides is 6. The third-order valence-corrected chi connectivity index (χ3v) is 12.9. The van der Waals surface area contributed by atoms with Crippen LogP contribution in [0.1, 0.15) is 36.0 Å². The zero-order valence-electron chi connectivity index (χ0n) is 27.0. The van der Waals surface area contributed by atoms with Gasteiger partial charge in [-0.3, -0.25) is 0 Å². The van der Waals surface area contributed by atoms with Crippen LogP contribution in [0.15, 0.2) is 71.6 Å². The van der Waals surface area contributed by atoms with Crippen molar-refractivity contribution in [3.05, 3.63) is 101 Å². The predicted molar refractivity (Wildman–Crippen MR) is 167 cm³/mol. The molecule has 274 valence electrons. The minimum absolute atomic E-state index is 0.0254. The molecule has 1 aliphatic carbocycles. The van der Waals surface area contributed by atoms with Crippen molar-refractivity contribution in [3.8, 4) is 0 Å². The molecule has 0 heterocycles. The van der Waals surface area contributed by atoms with Gasteiger partial charge < -0.3 is 14.8 Å². The van der Waals surface area contributed by atoms with Crippen molar-refractivity contribution in [2.75, 3.05) is 6.61 Å². The standard InChI is InChI=1S/C33H34F9NO5SSi/c1-50(2,3)18-17-47-29(44)43-24-15-16-30(19-24,49(45,46)25-13-11-23(34)12-14-25)21-7-9-22(10-8-21)31(32(37,38)39,33(40,41)42)48-20-26-27(35)5-4-6-28(26)36/h4-14,24H,15-20H2,1-3H3,(H,43,44). The molecule has 2 unspecified atom stereocenters. The van der Waals surface area contributed by atoms with Gasteiger partial charge >= 0.3 is 18.4 Å². The zero-order valence-corrected chi connectivity index (χ0v) is 28.8. The van der Waals surface area contributed by atoms with E-state index in [9.17, 15) is 52.7 Å². The van der Waals surface area contributed by atoms with E-state index >= 15 is 0 Å². The second-order valence-electron chi connectivity index (χ2n) is 13.2. The maximum atomic E-state index is 14.5. The van der Waals surface area contributed by atoms with Crippen molar-refractivity contribution in [1.29, 1.82) is 0 Å². The number of carbonyl (C=O) groups is 1. The first-order chi connectivity index (χ1) is 23.0. The lowest BCUT2D eigenvalue weighted by atomic mass is 9.88. The number of halogens is 9. The summed E-state index contributed by atoms with van der Waals surface area (Å²) in [6.45, 7) is 4.54. The molecule has 1 fully saturated rings. The highest BCUT2D eigenvalue weighted by molar-refractivity contribution is 7.92. The van der Waals surface area contributed by atoms with E-state index < -0.39 is 87.9 Å². The minimum Gasteiger partial charge on any atom is -0.450 e. The van der Waals surface area contributed by atoms with Gasteiger partial charge in [-0.1, -0.05) is 50.0 Å². The van der Waals surface area contributed by atoms with E-state index in [1.54, 1.807) is 0 Å². The molecule has 6 nitrogen and oxygen atoms in total. The molecule has 0 saturated heterocycles. The fraction of sp³-hybridized carbons (Fsp3) is 0.424. The summed E-state index contributed by atoms with van der Waals surface area (Å²) in [6.07, 6.45) is -13.8. The molecule has 2 atom stereocenters. The van der Waals surface area contributed by atoms with Crippen LogP contribution in [0.25, 0.3) is 0 Å². The van der Waals surface area contributed by atoms with Gasteiger partial charge in [0.15, 0.2) is 9.84 Å². The second kappa shape index (κ2) is 14.2. The van der Waals surface area contributed by atoms with Gasteiger partial charge in [0.05, 0.1) is 18.1 Å². The van der Waals surface area contributed by atoms with Gasteiger partial charge in [-0.25, -0.2) is 26.4 Å². The number of amides is 1. The molecule has 1 saturated carbocycles. The van der Waals surface area contributed by atoms with Crippen molar-refractivity contribution < 1.29 is 62.2 Å². The first-order valence-corrected chi connectivity index (χ1v) is 20.5. The Morgan fingerprint density at radius 2 is 1.44 bits per heavy atom. The monoisotopic (exact) mass is 755 g/mol. The van der Waals surface area contributed by atoms with E-state index in [1.165, 1.54) is 0 Å². The third kappa shape index (κ3) is 7.83. The van der Waals surface area contributed by atoms with Gasteiger partial charge in [0.25, 0.3) is 5.60 Å². The molecule has 0 spiro atoms. The van der Waals surface area contributed by atoms with E-state index in [1.807, 2.05) is 0 Å². The Morgan fingerprint density at radius 1 is 0.880 bits per heavy atom. The van der Waals surface area contributed by atoms with Crippen LogP contribution in [0, 0.1) is 17.5 Å². The van der Waals surface area contributed by atoms with Crippen molar-refractivity contribution in [3.63, 3.8) is 0 Å². The summed E-state index contributed by atoms with van der Waals surface area (Å²) < 4.78 is 165. The quantitative estimate of drug-likeness (QED) is 0.120. The highest BCUT2D eigenvalue weighted by atomic mass is 32.2. The van der Waals surface area contributed by atoms with Crippen molar-refractivity contribution in [2.45, 2.75) is 85.2 Å². The number of benzene rings is 3. The zero-order chi connectivity index (χ0) is 37.3. The van der Waals surface area contributed by atoms with Crippen LogP contribution in [0.2, 0.25) is 25.7 Å². The van der Waals surface area contributed by atoms with Gasteiger partial charge in [0.1, 0.15) is 22.2 Å². The SMILES string of the molecule is C[Si](C)(C)CCOC(=O)NC1CCC(c2ccc(C(OCc3c(F)cccc3F)(C(F)(F)F)C(F)(F)F)cc2)(S(=O)(=O)c2ccc(F)cc2)C1. The molecule has 0 radical (unpaired) electrons. The van der Waals surface area contributed by atoms with Crippen LogP contribution >= 0.6 is 0 Å². The molecular formula is C33H34F9NO5SSi. The van der Waals surface area contributed by atoms with Gasteiger partial charge in [-0.2, -0.15) is 26.3 Å². The van der Waals surface area contributed by atoms with Crippen molar-refractivity contribution in [2.24, 2.45) is 0 Å². The Hall–Kier alpha value is -3.57. The number of ether oxygens (including phenoxy) is 2. The number of rotatable bonds is 11. The van der Waals surface area contributed by atoms with Gasteiger partial charge in [-0.05, 0) is 67.3 Å². The normalized spacial score (nSPS) is 19.0. The molecule has 3 aromatic carbocycles. The molecule has 17 heteroatoms. The van der Waals surface area contributed by atoms with Crippen LogP contribution in [0.4, 0.5) is 44.3 Å². The molecule has 1 amide bonds. The van der Waals surface area contributed by atoms with Gasteiger partial charge in [0, 0.05) is 25.2 Å². The van der Waals surface area contributed by atoms with E-state index in [2.05, 4.69) is 29.7 Å². The first-order valence-electron chi connectivity index (χ1n) is 15.3. The smallest absolute Gasteiger partial charge is 0.430 e. The highest BCUT2D eigenvalue weighted by Gasteiger charge is 2.73. The molecule has 3 aromatic rings. The van der Waals surface area contributed by atoms with E-state index in [0.29, 0.717) is 30.3 Å². The van der Waals surface area contributed by atoms with Crippen LogP contribution in [0.3, 0.4) is 0 Å². The van der Waals surface area contributed by atoms with Crippen LogP contribution in [-0.2, 0) is 36.3 Å². The topological polar surface area (TPSA) is 81.7 Å². The lowest BCUT2D eigenvalue weighted by Gasteiger charge is -2.38. The Kier molecular flexibility index (Phi) is 11.1. The summed E-state index contributed by atoms with van der Waals surface area (Å²) in [6, 6.07) is 7.96. The number of hydrogen-bond acceptors (Lipinski definition) is 5. The Labute approximate surface area is 283 Å². The largest absolute Gasteiger partial charge is 0.450 e. The van der Waals surface area contributed by atoms with E-state index in [4.69, 9.17) is 4.74 Å². The average molecular weight is 756 g/mol. The average Bonchev–Trinajstić information content (AvgIpc) is 3.42. The number of hydrogen-bond donors (Lipinski definition) is 1. The molecule has 50 heavy (non-hydrogen) atoms. The fourth-order valence-corrected chi connectivity index (χ4v) is 8.80. The number of nitrogens with one attached hydrogen (secondary N) is 1. The molecule has 1 aliphatic rings. The Bertz CT molecular complexity index is 1740. The van der Waals surface area contributed by atoms with Gasteiger partial charge in [-0.15, -0.1) is 0 Å². The number of alkyl carbamates (subject to hydrolysis) is 1. The van der Waals surface area contributed by atoms with Crippen molar-refractivity contribution in [1.82, 2.24) is 5.32 Å². The van der Waals surface area contributed by atoms with Gasteiger partial charge in [0.2, 0.25) is 0 Å². The third-order valence-electron chi connectivity index (χ3n) is 8.63. The second-order valence-corrected chi connectivity index (χ2v) is 21.1. The van der Waals surface area contributed by atoms with E-state index in [-0.39, 0.29) is 36.3 Å². The lowest BCUT2D eigenvalue weighted by molar-refractivity contribution is -0.392. The fourth-order valence-electron chi connectivity index (χ4n) is 5.89. The summed E-state index contributed by atoms with van der Waals surface area (Å²) in [7, 11) is -6.11. The summed E-state index contributed by atoms with van der Waals surface area (Å²) in [4.78, 5) is 12.2. The lowest BCUT2D eigenvalue weighted by Crippen LogP contribution is -2.56. The molecule has 0 bridgehead atoms.